The molecule has 158 valence electrons. The Labute approximate surface area is 179 Å². The minimum absolute atomic E-state index is 0.227. The largest absolute Gasteiger partial charge is 0.480 e. The van der Waals surface area contributed by atoms with E-state index in [1.54, 1.807) is 38.1 Å². The van der Waals surface area contributed by atoms with E-state index in [1.807, 2.05) is 0 Å². The van der Waals surface area contributed by atoms with E-state index in [-0.39, 0.29) is 22.7 Å². The molecule has 2 rings (SSSR count). The van der Waals surface area contributed by atoms with Gasteiger partial charge in [0.15, 0.2) is 0 Å². The van der Waals surface area contributed by atoms with Crippen LogP contribution in [-0.4, -0.2) is 57.3 Å². The van der Waals surface area contributed by atoms with E-state index >= 15 is 0 Å². The van der Waals surface area contributed by atoms with Crippen LogP contribution in [0, 0.1) is 5.92 Å². The molecule has 1 saturated heterocycles. The molecular weight excluding hydrogens is 416 g/mol. The third-order valence-corrected chi connectivity index (χ3v) is 6.40. The number of halogens is 1. The number of alkyl halides is 1. The quantitative estimate of drug-likeness (QED) is 0.602. The van der Waals surface area contributed by atoms with Gasteiger partial charge in [-0.05, 0) is 37.5 Å². The van der Waals surface area contributed by atoms with Crippen LogP contribution in [0.1, 0.15) is 42.6 Å². The van der Waals surface area contributed by atoms with E-state index in [0.717, 1.165) is 17.3 Å². The van der Waals surface area contributed by atoms with Gasteiger partial charge in [-0.15, -0.1) is 11.6 Å². The maximum atomic E-state index is 12.5. The predicted molar refractivity (Wildman–Crippen MR) is 112 cm³/mol. The number of nitrogens with zero attached hydrogens (tertiary/aromatic N) is 1. The SMILES string of the molecule is CC(CSC(=O)[C@H](C)NC(=O)c1ccc(CCl)cc1)C(=O)N1CCC[C@H]1C(=O)O. The summed E-state index contributed by atoms with van der Waals surface area (Å²) in [5.41, 5.74) is 1.32. The summed E-state index contributed by atoms with van der Waals surface area (Å²) in [6.45, 7) is 3.70. The van der Waals surface area contributed by atoms with Gasteiger partial charge in [0.2, 0.25) is 11.0 Å². The molecule has 0 aromatic heterocycles. The fraction of sp³-hybridized carbons (Fsp3) is 0.500. The highest BCUT2D eigenvalue weighted by molar-refractivity contribution is 8.13. The lowest BCUT2D eigenvalue weighted by Crippen LogP contribution is -2.43. The van der Waals surface area contributed by atoms with Crippen molar-refractivity contribution in [3.63, 3.8) is 0 Å². The second-order valence-electron chi connectivity index (χ2n) is 7.08. The van der Waals surface area contributed by atoms with Crippen molar-refractivity contribution in [1.29, 1.82) is 0 Å². The fourth-order valence-corrected chi connectivity index (χ4v) is 4.10. The predicted octanol–water partition coefficient (Wildman–Crippen LogP) is 2.52. The lowest BCUT2D eigenvalue weighted by atomic mass is 10.1. The van der Waals surface area contributed by atoms with Crippen LogP contribution in [0.4, 0.5) is 0 Å². The Balaban J connectivity index is 1.83. The number of benzene rings is 1. The summed E-state index contributed by atoms with van der Waals surface area (Å²) in [6, 6.07) is 5.29. The number of hydrogen-bond acceptors (Lipinski definition) is 5. The number of carboxylic acids is 1. The number of carbonyl (C=O) groups is 4. The summed E-state index contributed by atoms with van der Waals surface area (Å²) >= 11 is 6.69. The van der Waals surface area contributed by atoms with Crippen molar-refractivity contribution in [3.05, 3.63) is 35.4 Å². The van der Waals surface area contributed by atoms with E-state index in [0.29, 0.717) is 30.8 Å². The van der Waals surface area contributed by atoms with Gasteiger partial charge in [-0.1, -0.05) is 30.8 Å². The van der Waals surface area contributed by atoms with Gasteiger partial charge in [-0.3, -0.25) is 14.4 Å². The second kappa shape index (κ2) is 10.6. The van der Waals surface area contributed by atoms with Crippen molar-refractivity contribution in [3.8, 4) is 0 Å². The van der Waals surface area contributed by atoms with Gasteiger partial charge in [-0.2, -0.15) is 0 Å². The molecule has 2 N–H and O–H groups in total. The van der Waals surface area contributed by atoms with Crippen LogP contribution in [0.3, 0.4) is 0 Å². The molecule has 0 aliphatic carbocycles. The minimum atomic E-state index is -0.998. The van der Waals surface area contributed by atoms with Crippen LogP contribution in [0.2, 0.25) is 0 Å². The van der Waals surface area contributed by atoms with Crippen LogP contribution < -0.4 is 5.32 Å². The topological polar surface area (TPSA) is 104 Å². The zero-order valence-electron chi connectivity index (χ0n) is 16.4. The first-order chi connectivity index (χ1) is 13.7. The Morgan fingerprint density at radius 3 is 2.48 bits per heavy atom. The van der Waals surface area contributed by atoms with E-state index in [9.17, 15) is 24.3 Å². The summed E-state index contributed by atoms with van der Waals surface area (Å²) in [7, 11) is 0. The van der Waals surface area contributed by atoms with Crippen molar-refractivity contribution >= 4 is 46.3 Å². The highest BCUT2D eigenvalue weighted by Crippen LogP contribution is 2.22. The Hall–Kier alpha value is -2.06. The van der Waals surface area contributed by atoms with Gasteiger partial charge in [-0.25, -0.2) is 4.79 Å². The number of likely N-dealkylation sites (tertiary alicyclic amines) is 1. The summed E-state index contributed by atoms with van der Waals surface area (Å²) in [5, 5.41) is 11.6. The van der Waals surface area contributed by atoms with Crippen LogP contribution >= 0.6 is 23.4 Å². The number of hydrogen-bond donors (Lipinski definition) is 2. The second-order valence-corrected chi connectivity index (χ2v) is 8.38. The summed E-state index contributed by atoms with van der Waals surface area (Å²) in [5.74, 6) is -1.53. The van der Waals surface area contributed by atoms with Crippen LogP contribution in [0.15, 0.2) is 24.3 Å². The number of rotatable bonds is 8. The Morgan fingerprint density at radius 1 is 1.24 bits per heavy atom. The third-order valence-electron chi connectivity index (χ3n) is 4.79. The van der Waals surface area contributed by atoms with Crippen molar-refractivity contribution in [2.45, 2.75) is 44.7 Å². The average Bonchev–Trinajstić information content (AvgIpc) is 3.21. The maximum Gasteiger partial charge on any atom is 0.326 e. The molecule has 29 heavy (non-hydrogen) atoms. The number of amides is 2. The van der Waals surface area contributed by atoms with Gasteiger partial charge in [0.05, 0.1) is 6.04 Å². The van der Waals surface area contributed by atoms with Crippen molar-refractivity contribution in [2.75, 3.05) is 12.3 Å². The van der Waals surface area contributed by atoms with Crippen LogP contribution in [0.25, 0.3) is 0 Å². The normalized spacial score (nSPS) is 18.2. The monoisotopic (exact) mass is 440 g/mol. The molecule has 0 saturated carbocycles. The van der Waals surface area contributed by atoms with E-state index < -0.39 is 24.0 Å². The van der Waals surface area contributed by atoms with Gasteiger partial charge < -0.3 is 15.3 Å². The molecule has 1 heterocycles. The van der Waals surface area contributed by atoms with Gasteiger partial charge in [0.25, 0.3) is 5.91 Å². The molecule has 3 atom stereocenters. The highest BCUT2D eigenvalue weighted by Gasteiger charge is 2.36. The molecule has 7 nitrogen and oxygen atoms in total. The summed E-state index contributed by atoms with van der Waals surface area (Å²) in [4.78, 5) is 49.7. The van der Waals surface area contributed by atoms with Crippen molar-refractivity contribution < 1.29 is 24.3 Å². The number of aliphatic carboxylic acids is 1. The zero-order valence-corrected chi connectivity index (χ0v) is 18.0. The highest BCUT2D eigenvalue weighted by atomic mass is 35.5. The smallest absolute Gasteiger partial charge is 0.326 e. The fourth-order valence-electron chi connectivity index (χ4n) is 3.06. The molecule has 0 radical (unpaired) electrons. The molecule has 1 aliphatic rings. The van der Waals surface area contributed by atoms with E-state index in [1.165, 1.54) is 4.90 Å². The molecule has 2 amide bonds. The van der Waals surface area contributed by atoms with Gasteiger partial charge in [0.1, 0.15) is 6.04 Å². The standard InChI is InChI=1S/C20H25ClN2O5S/c1-12(18(25)23-9-3-4-16(23)19(26)27)11-29-20(28)13(2)22-17(24)15-7-5-14(10-21)6-8-15/h5-8,12-13,16H,3-4,9-11H2,1-2H3,(H,22,24)(H,26,27)/t12?,13-,16-/m0/s1. The molecule has 1 fully saturated rings. The molecule has 1 aromatic carbocycles. The van der Waals surface area contributed by atoms with Gasteiger partial charge >= 0.3 is 5.97 Å². The van der Waals surface area contributed by atoms with E-state index in [4.69, 9.17) is 11.6 Å². The Bertz CT molecular complexity index is 771. The molecular formula is C20H25ClN2O5S. The van der Waals surface area contributed by atoms with Crippen molar-refractivity contribution in [1.82, 2.24) is 10.2 Å². The van der Waals surface area contributed by atoms with Crippen LogP contribution in [0.5, 0.6) is 0 Å². The summed E-state index contributed by atoms with van der Waals surface area (Å²) in [6.07, 6.45) is 1.12. The minimum Gasteiger partial charge on any atom is -0.480 e. The Morgan fingerprint density at radius 2 is 1.90 bits per heavy atom. The van der Waals surface area contributed by atoms with E-state index in [2.05, 4.69) is 5.32 Å². The average molecular weight is 441 g/mol. The number of carbonyl (C=O) groups excluding carboxylic acids is 3. The van der Waals surface area contributed by atoms with Crippen molar-refractivity contribution in [2.24, 2.45) is 5.92 Å². The summed E-state index contributed by atoms with van der Waals surface area (Å²) < 4.78 is 0. The molecule has 0 spiro atoms. The molecule has 1 unspecified atom stereocenters. The Kier molecular flexibility index (Phi) is 8.52. The molecule has 9 heteroatoms. The third kappa shape index (κ3) is 6.21. The lowest BCUT2D eigenvalue weighted by molar-refractivity contribution is -0.149. The first kappa shape index (κ1) is 23.2. The first-order valence-electron chi connectivity index (χ1n) is 9.40. The molecule has 0 bridgehead atoms. The number of nitrogens with one attached hydrogen (secondary N) is 1. The van der Waals surface area contributed by atoms with Gasteiger partial charge in [0, 0.05) is 29.7 Å². The zero-order chi connectivity index (χ0) is 21.6. The lowest BCUT2D eigenvalue weighted by Gasteiger charge is -2.24. The van der Waals surface area contributed by atoms with Crippen LogP contribution in [-0.2, 0) is 20.3 Å². The molecule has 1 aliphatic heterocycles. The first-order valence-corrected chi connectivity index (χ1v) is 10.9. The maximum absolute atomic E-state index is 12.5. The number of thioether (sulfide) groups is 1. The molecule has 1 aromatic rings. The number of carboxylic acid groups (broad SMARTS) is 1.